The van der Waals surface area contributed by atoms with Gasteiger partial charge in [0.1, 0.15) is 0 Å². The summed E-state index contributed by atoms with van der Waals surface area (Å²) >= 11 is 0. The van der Waals surface area contributed by atoms with E-state index in [0.717, 1.165) is 25.7 Å². The highest BCUT2D eigenvalue weighted by Gasteiger charge is 2.27. The van der Waals surface area contributed by atoms with E-state index >= 15 is 0 Å². The highest BCUT2D eigenvalue weighted by atomic mass is 16.3. The number of aliphatic hydroxyl groups is 1. The second kappa shape index (κ2) is 6.21. The number of nitrogens with two attached hydrogens (primary N) is 1. The van der Waals surface area contributed by atoms with Crippen molar-refractivity contribution in [3.8, 4) is 0 Å². The van der Waals surface area contributed by atoms with Gasteiger partial charge in [-0.3, -0.25) is 4.79 Å². The van der Waals surface area contributed by atoms with Gasteiger partial charge in [0.25, 0.3) is 0 Å². The Morgan fingerprint density at radius 1 is 1.50 bits per heavy atom. The van der Waals surface area contributed by atoms with E-state index in [1.807, 2.05) is 13.8 Å². The molecule has 1 aliphatic carbocycles. The molecule has 1 saturated carbocycles. The topological polar surface area (TPSA) is 75.3 Å². The Balaban J connectivity index is 2.44. The molecule has 1 amide bonds. The number of aliphatic hydroxyl groups excluding tert-OH is 1. The molecule has 4 nitrogen and oxygen atoms in total. The number of nitrogens with one attached hydrogen (secondary N) is 1. The lowest BCUT2D eigenvalue weighted by molar-refractivity contribution is -0.127. The summed E-state index contributed by atoms with van der Waals surface area (Å²) in [7, 11) is 0. The van der Waals surface area contributed by atoms with Gasteiger partial charge >= 0.3 is 0 Å². The van der Waals surface area contributed by atoms with Crippen molar-refractivity contribution in [1.82, 2.24) is 5.32 Å². The maximum Gasteiger partial charge on any atom is 0.223 e. The first-order chi connectivity index (χ1) is 7.54. The molecule has 0 aromatic rings. The van der Waals surface area contributed by atoms with Crippen LogP contribution in [-0.4, -0.2) is 29.7 Å². The zero-order chi connectivity index (χ0) is 12.1. The van der Waals surface area contributed by atoms with Gasteiger partial charge in [0, 0.05) is 12.0 Å². The number of carbonyl (C=O) groups is 1. The van der Waals surface area contributed by atoms with Crippen LogP contribution in [0.4, 0.5) is 0 Å². The lowest BCUT2D eigenvalue weighted by atomic mass is 9.85. The van der Waals surface area contributed by atoms with Crippen molar-refractivity contribution in [2.45, 2.75) is 51.6 Å². The number of hydrogen-bond donors (Lipinski definition) is 3. The lowest BCUT2D eigenvalue weighted by Crippen LogP contribution is -2.46. The van der Waals surface area contributed by atoms with Gasteiger partial charge in [0.2, 0.25) is 5.91 Å². The third kappa shape index (κ3) is 3.76. The Kier molecular flexibility index (Phi) is 5.22. The molecule has 16 heavy (non-hydrogen) atoms. The monoisotopic (exact) mass is 228 g/mol. The Morgan fingerprint density at radius 3 is 2.69 bits per heavy atom. The molecule has 4 N–H and O–H groups in total. The van der Waals surface area contributed by atoms with Crippen molar-refractivity contribution in [3.05, 3.63) is 0 Å². The summed E-state index contributed by atoms with van der Waals surface area (Å²) in [4.78, 5) is 11.9. The van der Waals surface area contributed by atoms with Gasteiger partial charge in [-0.1, -0.05) is 20.3 Å². The highest BCUT2D eigenvalue weighted by Crippen LogP contribution is 2.23. The van der Waals surface area contributed by atoms with Crippen LogP contribution in [0.1, 0.15) is 39.5 Å². The van der Waals surface area contributed by atoms with Crippen LogP contribution < -0.4 is 11.1 Å². The second-order valence-electron chi connectivity index (χ2n) is 5.17. The molecule has 1 rings (SSSR count). The first kappa shape index (κ1) is 13.5. The molecule has 0 aromatic carbocycles. The number of amides is 1. The lowest BCUT2D eigenvalue weighted by Gasteiger charge is -2.28. The quantitative estimate of drug-likeness (QED) is 0.661. The zero-order valence-electron chi connectivity index (χ0n) is 10.3. The van der Waals surface area contributed by atoms with E-state index in [-0.39, 0.29) is 36.4 Å². The van der Waals surface area contributed by atoms with Crippen molar-refractivity contribution in [2.75, 3.05) is 6.61 Å². The number of hydrogen-bond acceptors (Lipinski definition) is 3. The summed E-state index contributed by atoms with van der Waals surface area (Å²) in [5, 5.41) is 12.1. The van der Waals surface area contributed by atoms with Crippen LogP contribution >= 0.6 is 0 Å². The fourth-order valence-electron chi connectivity index (χ4n) is 2.19. The molecule has 0 aliphatic heterocycles. The largest absolute Gasteiger partial charge is 0.394 e. The summed E-state index contributed by atoms with van der Waals surface area (Å²) in [6.45, 7) is 3.99. The molecule has 0 saturated heterocycles. The van der Waals surface area contributed by atoms with Crippen LogP contribution in [0.25, 0.3) is 0 Å². The molecular formula is C12H24N2O2. The van der Waals surface area contributed by atoms with E-state index in [0.29, 0.717) is 0 Å². The fourth-order valence-corrected chi connectivity index (χ4v) is 2.19. The summed E-state index contributed by atoms with van der Waals surface area (Å²) in [6.07, 6.45) is 3.76. The van der Waals surface area contributed by atoms with Crippen LogP contribution in [0.15, 0.2) is 0 Å². The molecule has 0 aromatic heterocycles. The Labute approximate surface area is 97.6 Å². The van der Waals surface area contributed by atoms with E-state index in [1.165, 1.54) is 0 Å². The molecule has 1 fully saturated rings. The van der Waals surface area contributed by atoms with Crippen LogP contribution in [0, 0.1) is 11.8 Å². The smallest absolute Gasteiger partial charge is 0.223 e. The van der Waals surface area contributed by atoms with Crippen LogP contribution in [0.5, 0.6) is 0 Å². The Bertz CT molecular complexity index is 231. The first-order valence-electron chi connectivity index (χ1n) is 6.21. The third-order valence-corrected chi connectivity index (χ3v) is 3.41. The van der Waals surface area contributed by atoms with E-state index in [2.05, 4.69) is 5.32 Å². The minimum atomic E-state index is -0.134. The average molecular weight is 228 g/mol. The maximum atomic E-state index is 11.9. The molecule has 1 aliphatic rings. The van der Waals surface area contributed by atoms with E-state index < -0.39 is 0 Å². The van der Waals surface area contributed by atoms with Gasteiger partial charge in [-0.2, -0.15) is 0 Å². The standard InChI is InChI=1S/C12H24N2O2/c1-8(2)11(7-15)14-12(16)9-4-3-5-10(13)6-9/h8-11,15H,3-7,13H2,1-2H3,(H,14,16)/t9?,10?,11-/m1/s1. The van der Waals surface area contributed by atoms with E-state index in [4.69, 9.17) is 10.8 Å². The van der Waals surface area contributed by atoms with Crippen LogP contribution in [0.2, 0.25) is 0 Å². The third-order valence-electron chi connectivity index (χ3n) is 3.41. The van der Waals surface area contributed by atoms with Crippen molar-refractivity contribution < 1.29 is 9.90 Å². The van der Waals surface area contributed by atoms with Crippen molar-refractivity contribution in [2.24, 2.45) is 17.6 Å². The molecular weight excluding hydrogens is 204 g/mol. The highest BCUT2D eigenvalue weighted by molar-refractivity contribution is 5.79. The average Bonchev–Trinajstić information content (AvgIpc) is 2.25. The van der Waals surface area contributed by atoms with Crippen molar-refractivity contribution in [3.63, 3.8) is 0 Å². The summed E-state index contributed by atoms with van der Waals surface area (Å²) in [5.41, 5.74) is 5.86. The summed E-state index contributed by atoms with van der Waals surface area (Å²) in [6, 6.07) is 0.0294. The Hall–Kier alpha value is -0.610. The molecule has 0 radical (unpaired) electrons. The van der Waals surface area contributed by atoms with E-state index in [1.54, 1.807) is 0 Å². The van der Waals surface area contributed by atoms with Gasteiger partial charge in [-0.15, -0.1) is 0 Å². The first-order valence-corrected chi connectivity index (χ1v) is 6.21. The zero-order valence-corrected chi connectivity index (χ0v) is 10.3. The molecule has 94 valence electrons. The second-order valence-corrected chi connectivity index (χ2v) is 5.17. The van der Waals surface area contributed by atoms with Gasteiger partial charge in [-0.25, -0.2) is 0 Å². The minimum absolute atomic E-state index is 0.00216. The molecule has 4 heteroatoms. The van der Waals surface area contributed by atoms with Crippen molar-refractivity contribution >= 4 is 5.91 Å². The number of rotatable bonds is 4. The van der Waals surface area contributed by atoms with Crippen molar-refractivity contribution in [1.29, 1.82) is 0 Å². The number of carbonyl (C=O) groups excluding carboxylic acids is 1. The Morgan fingerprint density at radius 2 is 2.19 bits per heavy atom. The van der Waals surface area contributed by atoms with Gasteiger partial charge in [-0.05, 0) is 25.2 Å². The van der Waals surface area contributed by atoms with Gasteiger partial charge in [0.15, 0.2) is 0 Å². The molecule has 0 bridgehead atoms. The SMILES string of the molecule is CC(C)[C@@H](CO)NC(=O)C1CCCC(N)C1. The van der Waals surface area contributed by atoms with Crippen LogP contribution in [0.3, 0.4) is 0 Å². The minimum Gasteiger partial charge on any atom is -0.394 e. The summed E-state index contributed by atoms with van der Waals surface area (Å²) in [5.74, 6) is 0.352. The predicted octanol–water partition coefficient (Wildman–Crippen LogP) is 0.637. The molecule has 3 atom stereocenters. The molecule has 0 heterocycles. The maximum absolute atomic E-state index is 11.9. The van der Waals surface area contributed by atoms with Gasteiger partial charge < -0.3 is 16.2 Å². The molecule has 0 spiro atoms. The fraction of sp³-hybridized carbons (Fsp3) is 0.917. The van der Waals surface area contributed by atoms with E-state index in [9.17, 15) is 4.79 Å². The van der Waals surface area contributed by atoms with Crippen LogP contribution in [-0.2, 0) is 4.79 Å². The predicted molar refractivity (Wildman–Crippen MR) is 63.8 cm³/mol. The molecule has 2 unspecified atom stereocenters. The summed E-state index contributed by atoms with van der Waals surface area (Å²) < 4.78 is 0. The van der Waals surface area contributed by atoms with Gasteiger partial charge in [0.05, 0.1) is 12.6 Å². The normalized spacial score (nSPS) is 27.8.